The lowest BCUT2D eigenvalue weighted by Gasteiger charge is -2.22. The fourth-order valence-corrected chi connectivity index (χ4v) is 1.97. The molecule has 0 radical (unpaired) electrons. The molecule has 1 unspecified atom stereocenters. The van der Waals surface area contributed by atoms with Crippen molar-refractivity contribution in [3.63, 3.8) is 0 Å². The quantitative estimate of drug-likeness (QED) is 0.635. The van der Waals surface area contributed by atoms with Gasteiger partial charge < -0.3 is 14.6 Å². The van der Waals surface area contributed by atoms with E-state index in [1.807, 2.05) is 36.4 Å². The lowest BCUT2D eigenvalue weighted by molar-refractivity contribution is 0.0132. The number of hydrogen-bond donors (Lipinski definition) is 1. The molecule has 0 saturated carbocycles. The molecule has 4 heteroatoms. The first-order chi connectivity index (χ1) is 10.2. The first-order valence-electron chi connectivity index (χ1n) is 7.02. The molecular formula is C17H25NO3. The molecule has 21 heavy (non-hydrogen) atoms. The van der Waals surface area contributed by atoms with E-state index in [0.29, 0.717) is 19.8 Å². The number of hydrogen-bond acceptors (Lipinski definition) is 4. The van der Waals surface area contributed by atoms with Crippen LogP contribution in [0.25, 0.3) is 0 Å². The maximum atomic E-state index is 9.98. The minimum atomic E-state index is -0.525. The van der Waals surface area contributed by atoms with Gasteiger partial charge in [0.25, 0.3) is 0 Å². The summed E-state index contributed by atoms with van der Waals surface area (Å²) < 4.78 is 10.6. The summed E-state index contributed by atoms with van der Waals surface area (Å²) in [7, 11) is 1.64. The molecule has 0 amide bonds. The van der Waals surface area contributed by atoms with Crippen LogP contribution < -0.4 is 4.74 Å². The van der Waals surface area contributed by atoms with E-state index in [4.69, 9.17) is 9.47 Å². The van der Waals surface area contributed by atoms with Crippen molar-refractivity contribution in [3.05, 3.63) is 55.1 Å². The molecule has 4 nitrogen and oxygen atoms in total. The molecule has 1 rings (SSSR count). The van der Waals surface area contributed by atoms with Crippen molar-refractivity contribution in [3.8, 4) is 5.75 Å². The molecule has 116 valence electrons. The molecule has 1 atom stereocenters. The van der Waals surface area contributed by atoms with Gasteiger partial charge in [-0.15, -0.1) is 13.2 Å². The van der Waals surface area contributed by atoms with E-state index in [0.717, 1.165) is 24.4 Å². The van der Waals surface area contributed by atoms with Crippen molar-refractivity contribution < 1.29 is 14.6 Å². The zero-order chi connectivity index (χ0) is 15.5. The maximum Gasteiger partial charge on any atom is 0.118 e. The lowest BCUT2D eigenvalue weighted by Crippen LogP contribution is -2.35. The Hall–Kier alpha value is -1.62. The van der Waals surface area contributed by atoms with Gasteiger partial charge in [0.2, 0.25) is 0 Å². The maximum absolute atomic E-state index is 9.98. The van der Waals surface area contributed by atoms with Gasteiger partial charge in [-0.3, -0.25) is 4.90 Å². The molecule has 0 aliphatic heterocycles. The second kappa shape index (κ2) is 10.2. The summed E-state index contributed by atoms with van der Waals surface area (Å²) in [6.07, 6.45) is 3.10. The van der Waals surface area contributed by atoms with Gasteiger partial charge in [-0.05, 0) is 17.7 Å². The summed E-state index contributed by atoms with van der Waals surface area (Å²) in [6, 6.07) is 7.69. The van der Waals surface area contributed by atoms with Gasteiger partial charge in [0.05, 0.1) is 26.4 Å². The third-order valence-electron chi connectivity index (χ3n) is 2.98. The minimum absolute atomic E-state index is 0.302. The standard InChI is InChI=1S/C17H25NO3/c1-4-10-18(11-5-2)12-16(19)14-21-13-15-6-8-17(20-3)9-7-15/h4-9,16,19H,1-2,10-14H2,3H3. The summed E-state index contributed by atoms with van der Waals surface area (Å²) in [6.45, 7) is 10.2. The molecule has 1 N–H and O–H groups in total. The van der Waals surface area contributed by atoms with Crippen LogP contribution in [0.3, 0.4) is 0 Å². The van der Waals surface area contributed by atoms with Gasteiger partial charge in [0.1, 0.15) is 5.75 Å². The average molecular weight is 291 g/mol. The number of ether oxygens (including phenoxy) is 2. The van der Waals surface area contributed by atoms with Gasteiger partial charge in [-0.2, -0.15) is 0 Å². The Morgan fingerprint density at radius 3 is 2.33 bits per heavy atom. The lowest BCUT2D eigenvalue weighted by atomic mass is 10.2. The zero-order valence-corrected chi connectivity index (χ0v) is 12.7. The summed E-state index contributed by atoms with van der Waals surface area (Å²) in [5, 5.41) is 9.98. The minimum Gasteiger partial charge on any atom is -0.497 e. The van der Waals surface area contributed by atoms with Crippen molar-refractivity contribution >= 4 is 0 Å². The Labute approximate surface area is 127 Å². The number of nitrogens with zero attached hydrogens (tertiary/aromatic N) is 1. The van der Waals surface area contributed by atoms with E-state index >= 15 is 0 Å². The highest BCUT2D eigenvalue weighted by Crippen LogP contribution is 2.12. The molecule has 0 aliphatic carbocycles. The third kappa shape index (κ3) is 7.09. The Bertz CT molecular complexity index is 407. The largest absolute Gasteiger partial charge is 0.497 e. The number of aliphatic hydroxyl groups excluding tert-OH is 1. The van der Waals surface area contributed by atoms with Crippen molar-refractivity contribution in [1.82, 2.24) is 4.90 Å². The van der Waals surface area contributed by atoms with Crippen LogP contribution in [0.2, 0.25) is 0 Å². The molecule has 0 bridgehead atoms. The Morgan fingerprint density at radius 1 is 1.19 bits per heavy atom. The zero-order valence-electron chi connectivity index (χ0n) is 12.7. The van der Waals surface area contributed by atoms with Crippen LogP contribution in [0.5, 0.6) is 5.75 Å². The number of aliphatic hydroxyl groups is 1. The molecule has 0 aromatic heterocycles. The third-order valence-corrected chi connectivity index (χ3v) is 2.98. The Kier molecular flexibility index (Phi) is 8.43. The van der Waals surface area contributed by atoms with Crippen LogP contribution in [0, 0.1) is 0 Å². The number of rotatable bonds is 11. The first-order valence-corrected chi connectivity index (χ1v) is 7.02. The highest BCUT2D eigenvalue weighted by atomic mass is 16.5. The van der Waals surface area contributed by atoms with Crippen LogP contribution in [-0.4, -0.2) is 49.5 Å². The summed E-state index contributed by atoms with van der Waals surface area (Å²) in [4.78, 5) is 2.06. The average Bonchev–Trinajstić information content (AvgIpc) is 2.48. The van der Waals surface area contributed by atoms with E-state index in [9.17, 15) is 5.11 Å². The van der Waals surface area contributed by atoms with Crippen LogP contribution in [0.1, 0.15) is 5.56 Å². The Morgan fingerprint density at radius 2 is 1.81 bits per heavy atom. The number of methoxy groups -OCH3 is 1. The molecule has 0 fully saturated rings. The van der Waals surface area contributed by atoms with Crippen molar-refractivity contribution in [2.45, 2.75) is 12.7 Å². The fourth-order valence-electron chi connectivity index (χ4n) is 1.97. The molecule has 0 saturated heterocycles. The summed E-state index contributed by atoms with van der Waals surface area (Å²) in [5.41, 5.74) is 1.05. The molecule has 1 aromatic rings. The fraction of sp³-hybridized carbons (Fsp3) is 0.412. The van der Waals surface area contributed by atoms with Crippen molar-refractivity contribution in [1.29, 1.82) is 0 Å². The van der Waals surface area contributed by atoms with E-state index in [1.165, 1.54) is 0 Å². The van der Waals surface area contributed by atoms with Crippen LogP contribution in [-0.2, 0) is 11.3 Å². The predicted octanol–water partition coefficient (Wildman–Crippen LogP) is 2.25. The second-order valence-electron chi connectivity index (χ2n) is 4.81. The van der Waals surface area contributed by atoms with Crippen LogP contribution >= 0.6 is 0 Å². The van der Waals surface area contributed by atoms with Gasteiger partial charge in [0.15, 0.2) is 0 Å². The van der Waals surface area contributed by atoms with E-state index in [-0.39, 0.29) is 0 Å². The molecule has 0 spiro atoms. The molecular weight excluding hydrogens is 266 g/mol. The van der Waals surface area contributed by atoms with E-state index < -0.39 is 6.10 Å². The van der Waals surface area contributed by atoms with Crippen LogP contribution in [0.4, 0.5) is 0 Å². The smallest absolute Gasteiger partial charge is 0.118 e. The highest BCUT2D eigenvalue weighted by molar-refractivity contribution is 5.26. The van der Waals surface area contributed by atoms with Gasteiger partial charge in [-0.1, -0.05) is 24.3 Å². The highest BCUT2D eigenvalue weighted by Gasteiger charge is 2.09. The predicted molar refractivity (Wildman–Crippen MR) is 85.5 cm³/mol. The van der Waals surface area contributed by atoms with Gasteiger partial charge in [-0.25, -0.2) is 0 Å². The van der Waals surface area contributed by atoms with Crippen LogP contribution in [0.15, 0.2) is 49.6 Å². The summed E-state index contributed by atoms with van der Waals surface area (Å²) in [5.74, 6) is 0.822. The van der Waals surface area contributed by atoms with Gasteiger partial charge in [0, 0.05) is 19.6 Å². The molecule has 0 aliphatic rings. The van der Waals surface area contributed by atoms with Crippen molar-refractivity contribution in [2.24, 2.45) is 0 Å². The first kappa shape index (κ1) is 17.4. The van der Waals surface area contributed by atoms with E-state index in [2.05, 4.69) is 18.1 Å². The normalized spacial score (nSPS) is 12.1. The monoisotopic (exact) mass is 291 g/mol. The van der Waals surface area contributed by atoms with Crippen molar-refractivity contribution in [2.75, 3.05) is 33.4 Å². The topological polar surface area (TPSA) is 41.9 Å². The molecule has 1 aromatic carbocycles. The number of benzene rings is 1. The second-order valence-corrected chi connectivity index (χ2v) is 4.81. The SMILES string of the molecule is C=CCN(CC=C)CC(O)COCc1ccc(OC)cc1. The van der Waals surface area contributed by atoms with E-state index in [1.54, 1.807) is 7.11 Å². The molecule has 0 heterocycles. The summed E-state index contributed by atoms with van der Waals surface area (Å²) >= 11 is 0. The Balaban J connectivity index is 2.29. The van der Waals surface area contributed by atoms with Gasteiger partial charge >= 0.3 is 0 Å².